The predicted molar refractivity (Wildman–Crippen MR) is 135 cm³/mol. The van der Waals surface area contributed by atoms with Gasteiger partial charge in [-0.2, -0.15) is 0 Å². The van der Waals surface area contributed by atoms with Crippen molar-refractivity contribution in [2.45, 2.75) is 30.7 Å². The van der Waals surface area contributed by atoms with Crippen LogP contribution in [0.2, 0.25) is 0 Å². The van der Waals surface area contributed by atoms with Crippen LogP contribution in [0, 0.1) is 5.92 Å². The van der Waals surface area contributed by atoms with Gasteiger partial charge in [0, 0.05) is 30.8 Å². The maximum atomic E-state index is 12.3. The summed E-state index contributed by atoms with van der Waals surface area (Å²) in [6, 6.07) is 5.90. The van der Waals surface area contributed by atoms with Crippen LogP contribution in [0.4, 0.5) is 0 Å². The van der Waals surface area contributed by atoms with E-state index < -0.39 is 0 Å². The summed E-state index contributed by atoms with van der Waals surface area (Å²) in [7, 11) is 3.37. The van der Waals surface area contributed by atoms with Gasteiger partial charge in [0.1, 0.15) is 5.03 Å². The lowest BCUT2D eigenvalue weighted by molar-refractivity contribution is -0.121. The summed E-state index contributed by atoms with van der Waals surface area (Å²) in [5, 5.41) is 4.05. The molecule has 5 heteroatoms. The third-order valence-corrected chi connectivity index (χ3v) is 8.40. The van der Waals surface area contributed by atoms with Crippen LogP contribution in [0.3, 0.4) is 0 Å². The van der Waals surface area contributed by atoms with Crippen LogP contribution in [0.1, 0.15) is 25.7 Å². The van der Waals surface area contributed by atoms with Crippen molar-refractivity contribution in [3.63, 3.8) is 0 Å². The standard InChI is InChI=1S/C27H26N2OS2/c30-24(28-17-18-31-32-25-9-1-2-16-29-25)8-4-5-19-10-11-22-13-12-20-6-3-7-21-14-15-23(19)27(22)26(20)21/h1-3,7,9-16,27H,4-6,8,17-18H2,(H,28,30). The fourth-order valence-electron chi connectivity index (χ4n) is 4.65. The molecule has 0 aromatic carbocycles. The topological polar surface area (TPSA) is 42.0 Å². The van der Waals surface area contributed by atoms with Crippen molar-refractivity contribution in [3.8, 4) is 0 Å². The number of nitrogens with zero attached hydrogens (tertiary/aromatic N) is 1. The van der Waals surface area contributed by atoms with Crippen molar-refractivity contribution in [2.24, 2.45) is 5.92 Å². The average molecular weight is 459 g/mol. The summed E-state index contributed by atoms with van der Waals surface area (Å²) in [4.78, 5) is 16.6. The maximum Gasteiger partial charge on any atom is 0.220 e. The summed E-state index contributed by atoms with van der Waals surface area (Å²) in [5.74, 6) is 1.39. The van der Waals surface area contributed by atoms with Gasteiger partial charge in [0.2, 0.25) is 5.91 Å². The first-order valence-electron chi connectivity index (χ1n) is 11.2. The van der Waals surface area contributed by atoms with Crippen LogP contribution < -0.4 is 5.32 Å². The lowest BCUT2D eigenvalue weighted by Gasteiger charge is -2.36. The molecule has 0 saturated heterocycles. The molecular weight excluding hydrogens is 432 g/mol. The van der Waals surface area contributed by atoms with Gasteiger partial charge in [-0.15, -0.1) is 0 Å². The molecule has 5 rings (SSSR count). The number of amides is 1. The second kappa shape index (κ2) is 9.97. The van der Waals surface area contributed by atoms with Gasteiger partial charge in [-0.1, -0.05) is 65.5 Å². The first kappa shape index (κ1) is 21.4. The molecule has 32 heavy (non-hydrogen) atoms. The summed E-state index contributed by atoms with van der Waals surface area (Å²) in [6.45, 7) is 0.690. The Balaban J connectivity index is 1.10. The zero-order valence-corrected chi connectivity index (χ0v) is 19.6. The highest BCUT2D eigenvalue weighted by molar-refractivity contribution is 8.76. The van der Waals surface area contributed by atoms with E-state index in [1.165, 1.54) is 33.4 Å². The fraction of sp³-hybridized carbons (Fsp3) is 0.259. The maximum absolute atomic E-state index is 12.3. The molecule has 3 nitrogen and oxygen atoms in total. The van der Waals surface area contributed by atoms with Crippen LogP contribution in [-0.4, -0.2) is 23.2 Å². The van der Waals surface area contributed by atoms with E-state index in [2.05, 4.69) is 58.9 Å². The largest absolute Gasteiger partial charge is 0.355 e. The molecule has 1 N–H and O–H groups in total. The Labute approximate surface area is 197 Å². The van der Waals surface area contributed by atoms with Gasteiger partial charge in [0.05, 0.1) is 0 Å². The smallest absolute Gasteiger partial charge is 0.220 e. The minimum Gasteiger partial charge on any atom is -0.355 e. The number of carbonyl (C=O) groups excluding carboxylic acids is 1. The minimum atomic E-state index is 0.142. The van der Waals surface area contributed by atoms with E-state index in [9.17, 15) is 4.79 Å². The predicted octanol–water partition coefficient (Wildman–Crippen LogP) is 6.28. The Morgan fingerprint density at radius 1 is 1.12 bits per heavy atom. The molecule has 162 valence electrons. The SMILES string of the molecule is O=C(CCCC1=C2C=CC3=C4C(=CC=C(C=C1)C24)CC=C3)NCCSSc1ccccn1. The van der Waals surface area contributed by atoms with Gasteiger partial charge in [-0.3, -0.25) is 4.79 Å². The molecule has 1 heterocycles. The Bertz CT molecular complexity index is 1120. The van der Waals surface area contributed by atoms with Gasteiger partial charge in [0.25, 0.3) is 0 Å². The van der Waals surface area contributed by atoms with E-state index >= 15 is 0 Å². The number of rotatable bonds is 9. The molecule has 0 aliphatic heterocycles. The van der Waals surface area contributed by atoms with Crippen molar-refractivity contribution in [1.29, 1.82) is 0 Å². The first-order valence-corrected chi connectivity index (χ1v) is 13.5. The fourth-order valence-corrected chi connectivity index (χ4v) is 6.43. The summed E-state index contributed by atoms with van der Waals surface area (Å²) >= 11 is 0. The van der Waals surface area contributed by atoms with Gasteiger partial charge >= 0.3 is 0 Å². The molecule has 4 aliphatic rings. The number of nitrogens with one attached hydrogen (secondary N) is 1. The molecule has 1 aromatic rings. The Morgan fingerprint density at radius 2 is 2.09 bits per heavy atom. The summed E-state index contributed by atoms with van der Waals surface area (Å²) in [6.07, 6.45) is 23.4. The van der Waals surface area contributed by atoms with Crippen LogP contribution in [0.25, 0.3) is 0 Å². The lowest BCUT2D eigenvalue weighted by atomic mass is 9.67. The first-order chi connectivity index (χ1) is 15.8. The average Bonchev–Trinajstić information content (AvgIpc) is 2.84. The van der Waals surface area contributed by atoms with Crippen molar-refractivity contribution < 1.29 is 4.79 Å². The summed E-state index contributed by atoms with van der Waals surface area (Å²) in [5.41, 5.74) is 8.48. The Morgan fingerprint density at radius 3 is 3.00 bits per heavy atom. The van der Waals surface area contributed by atoms with Crippen molar-refractivity contribution in [3.05, 3.63) is 106 Å². The lowest BCUT2D eigenvalue weighted by Crippen LogP contribution is -2.25. The Hall–Kier alpha value is -2.50. The molecule has 4 aliphatic carbocycles. The van der Waals surface area contributed by atoms with Gasteiger partial charge in [-0.25, -0.2) is 4.98 Å². The highest BCUT2D eigenvalue weighted by Gasteiger charge is 2.33. The minimum absolute atomic E-state index is 0.142. The second-order valence-corrected chi connectivity index (χ2v) is 10.6. The number of hydrogen-bond donors (Lipinski definition) is 1. The van der Waals surface area contributed by atoms with Crippen LogP contribution in [-0.2, 0) is 4.79 Å². The number of carbonyl (C=O) groups is 1. The van der Waals surface area contributed by atoms with Crippen molar-refractivity contribution >= 4 is 27.5 Å². The van der Waals surface area contributed by atoms with E-state index in [4.69, 9.17) is 0 Å². The molecule has 1 amide bonds. The number of pyridine rings is 1. The monoisotopic (exact) mass is 458 g/mol. The van der Waals surface area contributed by atoms with E-state index in [0.717, 1.165) is 30.0 Å². The molecule has 0 radical (unpaired) electrons. The highest BCUT2D eigenvalue weighted by Crippen LogP contribution is 2.48. The number of aromatic nitrogens is 1. The van der Waals surface area contributed by atoms with Crippen molar-refractivity contribution in [2.75, 3.05) is 12.3 Å². The van der Waals surface area contributed by atoms with Crippen LogP contribution in [0.15, 0.2) is 111 Å². The molecule has 1 unspecified atom stereocenters. The molecular formula is C27H26N2OS2. The quantitative estimate of drug-likeness (QED) is 0.349. The van der Waals surface area contributed by atoms with Gasteiger partial charge < -0.3 is 5.32 Å². The zero-order chi connectivity index (χ0) is 21.8. The molecule has 0 saturated carbocycles. The van der Waals surface area contributed by atoms with Crippen LogP contribution in [0.5, 0.6) is 0 Å². The third kappa shape index (κ3) is 4.64. The second-order valence-electron chi connectivity index (χ2n) is 8.19. The summed E-state index contributed by atoms with van der Waals surface area (Å²) < 4.78 is 0. The zero-order valence-electron chi connectivity index (χ0n) is 17.9. The van der Waals surface area contributed by atoms with E-state index in [0.29, 0.717) is 18.9 Å². The highest BCUT2D eigenvalue weighted by atomic mass is 33.1. The molecule has 1 atom stereocenters. The normalized spacial score (nSPS) is 20.2. The van der Waals surface area contributed by atoms with E-state index in [-0.39, 0.29) is 5.91 Å². The Kier molecular flexibility index (Phi) is 6.65. The van der Waals surface area contributed by atoms with E-state index in [1.807, 2.05) is 18.2 Å². The third-order valence-electron chi connectivity index (χ3n) is 6.13. The molecule has 0 spiro atoms. The molecule has 1 aromatic heterocycles. The number of allylic oxidation sites excluding steroid dienone is 14. The molecule has 0 fully saturated rings. The number of hydrogen-bond acceptors (Lipinski definition) is 4. The van der Waals surface area contributed by atoms with Gasteiger partial charge in [-0.05, 0) is 75.6 Å². The van der Waals surface area contributed by atoms with Crippen LogP contribution >= 0.6 is 21.6 Å². The van der Waals surface area contributed by atoms with E-state index in [1.54, 1.807) is 27.8 Å². The van der Waals surface area contributed by atoms with Gasteiger partial charge in [0.15, 0.2) is 0 Å². The van der Waals surface area contributed by atoms with Crippen molar-refractivity contribution in [1.82, 2.24) is 10.3 Å². The molecule has 0 bridgehead atoms.